The first-order valence-corrected chi connectivity index (χ1v) is 8.49. The third kappa shape index (κ3) is 3.02. The van der Waals surface area contributed by atoms with Crippen LogP contribution in [-0.2, 0) is 6.54 Å². The van der Waals surface area contributed by atoms with Crippen molar-refractivity contribution in [2.45, 2.75) is 31.8 Å². The van der Waals surface area contributed by atoms with Crippen molar-refractivity contribution < 1.29 is 0 Å². The van der Waals surface area contributed by atoms with Crippen molar-refractivity contribution in [1.82, 2.24) is 10.2 Å². The minimum atomic E-state index is 0.765. The molecule has 0 aromatic heterocycles. The van der Waals surface area contributed by atoms with Gasteiger partial charge in [-0.25, -0.2) is 0 Å². The largest absolute Gasteiger partial charge is 0.369 e. The van der Waals surface area contributed by atoms with Crippen LogP contribution in [0.5, 0.6) is 0 Å². The summed E-state index contributed by atoms with van der Waals surface area (Å²) in [4.78, 5) is 5.22. The molecule has 110 valence electrons. The van der Waals surface area contributed by atoms with Crippen LogP contribution in [0.4, 0.5) is 5.69 Å². The van der Waals surface area contributed by atoms with Crippen molar-refractivity contribution >= 4 is 21.6 Å². The van der Waals surface area contributed by atoms with Crippen LogP contribution in [0.25, 0.3) is 0 Å². The molecule has 0 bridgehead atoms. The predicted molar refractivity (Wildman–Crippen MR) is 88.3 cm³/mol. The third-order valence-corrected chi connectivity index (χ3v) is 5.19. The summed E-state index contributed by atoms with van der Waals surface area (Å²) in [6, 6.07) is 7.51. The molecule has 2 fully saturated rings. The van der Waals surface area contributed by atoms with E-state index < -0.39 is 0 Å². The van der Waals surface area contributed by atoms with E-state index >= 15 is 0 Å². The molecular weight excluding hydrogens is 314 g/mol. The lowest BCUT2D eigenvalue weighted by atomic mass is 10.2. The Labute approximate surface area is 130 Å². The van der Waals surface area contributed by atoms with E-state index in [1.807, 2.05) is 7.05 Å². The summed E-state index contributed by atoms with van der Waals surface area (Å²) in [5.41, 5.74) is 2.69. The highest BCUT2D eigenvalue weighted by Crippen LogP contribution is 2.31. The summed E-state index contributed by atoms with van der Waals surface area (Å²) in [6.45, 7) is 5.91. The van der Waals surface area contributed by atoms with Gasteiger partial charge in [0.25, 0.3) is 0 Å². The number of anilines is 1. The highest BCUT2D eigenvalue weighted by molar-refractivity contribution is 9.10. The maximum absolute atomic E-state index is 3.75. The number of halogens is 1. The number of hydrogen-bond donors (Lipinski definition) is 1. The van der Waals surface area contributed by atoms with Gasteiger partial charge in [-0.05, 0) is 73.0 Å². The van der Waals surface area contributed by atoms with E-state index in [1.165, 1.54) is 61.2 Å². The Bertz CT molecular complexity index is 457. The molecule has 3 nitrogen and oxygen atoms in total. The zero-order valence-electron chi connectivity index (χ0n) is 12.2. The molecule has 1 atom stereocenters. The maximum atomic E-state index is 3.75. The zero-order valence-corrected chi connectivity index (χ0v) is 13.8. The minimum absolute atomic E-state index is 0.765. The van der Waals surface area contributed by atoms with Crippen molar-refractivity contribution in [3.8, 4) is 0 Å². The van der Waals surface area contributed by atoms with Crippen LogP contribution in [-0.4, -0.2) is 44.2 Å². The normalized spacial score (nSPS) is 23.7. The predicted octanol–water partition coefficient (Wildman–Crippen LogP) is 2.84. The van der Waals surface area contributed by atoms with Crippen LogP contribution >= 0.6 is 15.9 Å². The van der Waals surface area contributed by atoms with Gasteiger partial charge in [0, 0.05) is 30.1 Å². The molecule has 1 unspecified atom stereocenters. The average Bonchev–Trinajstić information content (AvgIpc) is 3.10. The fourth-order valence-corrected chi connectivity index (χ4v) is 4.16. The molecule has 0 radical (unpaired) electrons. The Hall–Kier alpha value is -0.580. The zero-order chi connectivity index (χ0) is 13.9. The smallest absolute Gasteiger partial charge is 0.0511 e. The van der Waals surface area contributed by atoms with E-state index in [9.17, 15) is 0 Å². The molecule has 1 N–H and O–H groups in total. The molecule has 2 aliphatic rings. The van der Waals surface area contributed by atoms with Gasteiger partial charge in [-0.15, -0.1) is 0 Å². The quantitative estimate of drug-likeness (QED) is 0.911. The molecule has 0 spiro atoms. The lowest BCUT2D eigenvalue weighted by Crippen LogP contribution is -2.35. The number of hydrogen-bond acceptors (Lipinski definition) is 3. The number of rotatable bonds is 4. The molecule has 2 saturated heterocycles. The van der Waals surface area contributed by atoms with Crippen molar-refractivity contribution in [3.05, 3.63) is 28.2 Å². The standard InChI is InChI=1S/C16H24BrN3/c1-18-11-13-4-5-16(15(17)10-13)20-9-6-14(12-20)19-7-2-3-8-19/h4-5,10,14,18H,2-3,6-9,11-12H2,1H3. The van der Waals surface area contributed by atoms with Gasteiger partial charge in [-0.1, -0.05) is 6.07 Å². The molecule has 2 heterocycles. The molecular formula is C16H24BrN3. The number of likely N-dealkylation sites (tertiary alicyclic amines) is 1. The van der Waals surface area contributed by atoms with E-state index in [4.69, 9.17) is 0 Å². The molecule has 1 aromatic rings. The molecule has 0 aliphatic carbocycles. The molecule has 0 amide bonds. The number of nitrogens with zero attached hydrogens (tertiary/aromatic N) is 2. The Kier molecular flexibility index (Phi) is 4.64. The van der Waals surface area contributed by atoms with Gasteiger partial charge >= 0.3 is 0 Å². The van der Waals surface area contributed by atoms with Crippen molar-refractivity contribution in [3.63, 3.8) is 0 Å². The first-order valence-electron chi connectivity index (χ1n) is 7.70. The molecule has 3 rings (SSSR count). The molecule has 4 heteroatoms. The molecule has 0 saturated carbocycles. The van der Waals surface area contributed by atoms with Crippen LogP contribution in [0, 0.1) is 0 Å². The minimum Gasteiger partial charge on any atom is -0.369 e. The molecule has 1 aromatic carbocycles. The Morgan fingerprint density at radius 1 is 1.25 bits per heavy atom. The van der Waals surface area contributed by atoms with E-state index in [0.29, 0.717) is 0 Å². The highest BCUT2D eigenvalue weighted by atomic mass is 79.9. The van der Waals surface area contributed by atoms with E-state index in [0.717, 1.165) is 12.6 Å². The van der Waals surface area contributed by atoms with Crippen LogP contribution in [0.3, 0.4) is 0 Å². The number of benzene rings is 1. The van der Waals surface area contributed by atoms with Crippen LogP contribution in [0.1, 0.15) is 24.8 Å². The van der Waals surface area contributed by atoms with Crippen LogP contribution in [0.15, 0.2) is 22.7 Å². The summed E-state index contributed by atoms with van der Waals surface area (Å²) >= 11 is 3.75. The van der Waals surface area contributed by atoms with Crippen LogP contribution in [0.2, 0.25) is 0 Å². The fourth-order valence-electron chi connectivity index (χ4n) is 3.49. The summed E-state index contributed by atoms with van der Waals surface area (Å²) in [6.07, 6.45) is 4.09. The monoisotopic (exact) mass is 337 g/mol. The number of nitrogens with one attached hydrogen (secondary N) is 1. The SMILES string of the molecule is CNCc1ccc(N2CCC(N3CCCC3)C2)c(Br)c1. The average molecular weight is 338 g/mol. The molecule has 20 heavy (non-hydrogen) atoms. The lowest BCUT2D eigenvalue weighted by molar-refractivity contribution is 0.260. The van der Waals surface area contributed by atoms with Gasteiger partial charge in [0.2, 0.25) is 0 Å². The van der Waals surface area contributed by atoms with E-state index in [-0.39, 0.29) is 0 Å². The second-order valence-electron chi connectivity index (χ2n) is 5.95. The first kappa shape index (κ1) is 14.4. The van der Waals surface area contributed by atoms with Crippen LogP contribution < -0.4 is 10.2 Å². The van der Waals surface area contributed by atoms with Gasteiger partial charge < -0.3 is 10.2 Å². The first-order chi connectivity index (χ1) is 9.78. The topological polar surface area (TPSA) is 18.5 Å². The Balaban J connectivity index is 1.67. The van der Waals surface area contributed by atoms with E-state index in [2.05, 4.69) is 49.2 Å². The van der Waals surface area contributed by atoms with Gasteiger partial charge in [0.05, 0.1) is 5.69 Å². The van der Waals surface area contributed by atoms with Crippen molar-refractivity contribution in [1.29, 1.82) is 0 Å². The van der Waals surface area contributed by atoms with Gasteiger partial charge in [0.15, 0.2) is 0 Å². The third-order valence-electron chi connectivity index (χ3n) is 4.55. The van der Waals surface area contributed by atoms with Gasteiger partial charge in [-0.3, -0.25) is 4.90 Å². The lowest BCUT2D eigenvalue weighted by Gasteiger charge is -2.25. The maximum Gasteiger partial charge on any atom is 0.0511 e. The Morgan fingerprint density at radius 2 is 2.05 bits per heavy atom. The highest BCUT2D eigenvalue weighted by Gasteiger charge is 2.29. The summed E-state index contributed by atoms with van der Waals surface area (Å²) in [7, 11) is 1.99. The Morgan fingerprint density at radius 3 is 2.75 bits per heavy atom. The summed E-state index contributed by atoms with van der Waals surface area (Å²) in [5.74, 6) is 0. The van der Waals surface area contributed by atoms with Gasteiger partial charge in [-0.2, -0.15) is 0 Å². The van der Waals surface area contributed by atoms with Crippen molar-refractivity contribution in [2.24, 2.45) is 0 Å². The summed E-state index contributed by atoms with van der Waals surface area (Å²) < 4.78 is 1.23. The second-order valence-corrected chi connectivity index (χ2v) is 6.80. The van der Waals surface area contributed by atoms with Crippen molar-refractivity contribution in [2.75, 3.05) is 38.1 Å². The fraction of sp³-hybridized carbons (Fsp3) is 0.625. The molecule has 2 aliphatic heterocycles. The summed E-state index contributed by atoms with van der Waals surface area (Å²) in [5, 5.41) is 3.20. The van der Waals surface area contributed by atoms with E-state index in [1.54, 1.807) is 0 Å². The van der Waals surface area contributed by atoms with Gasteiger partial charge in [0.1, 0.15) is 0 Å². The second kappa shape index (κ2) is 6.46.